The van der Waals surface area contributed by atoms with Gasteiger partial charge in [-0.05, 0) is 62.5 Å². The smallest absolute Gasteiger partial charge is 0.265 e. The molecule has 206 valence electrons. The van der Waals surface area contributed by atoms with E-state index in [4.69, 9.17) is 11.6 Å². The average molecular weight is 550 g/mol. The maximum Gasteiger partial charge on any atom is 0.265 e. The number of benzene rings is 2. The maximum atomic E-state index is 13.0. The molecular formula is C29H36ClN7O2. The highest BCUT2D eigenvalue weighted by atomic mass is 35.5. The molecule has 0 radical (unpaired) electrons. The molecule has 0 unspecified atom stereocenters. The van der Waals surface area contributed by atoms with Crippen molar-refractivity contribution in [3.8, 4) is 0 Å². The van der Waals surface area contributed by atoms with Crippen LogP contribution in [0.4, 0.5) is 11.4 Å². The Bertz CT molecular complexity index is 1250. The largest absolute Gasteiger partial charge is 0.367 e. The number of carbonyl (C=O) groups is 2. The van der Waals surface area contributed by atoms with E-state index in [1.807, 2.05) is 30.3 Å². The first kappa shape index (κ1) is 28.5. The van der Waals surface area contributed by atoms with Gasteiger partial charge in [0.05, 0.1) is 11.4 Å². The average Bonchev–Trinajstić information content (AvgIpc) is 2.95. The third-order valence-corrected chi connectivity index (χ3v) is 7.07. The van der Waals surface area contributed by atoms with Crippen molar-refractivity contribution < 1.29 is 9.59 Å². The van der Waals surface area contributed by atoms with E-state index < -0.39 is 0 Å². The topological polar surface area (TPSA) is 92.8 Å². The second-order valence-electron chi connectivity index (χ2n) is 9.78. The standard InChI is InChI=1S/C29H36ClN7O2/c1-35(2)15-16-36-17-19-37(20-18-36)27-8-7-24(21-26(27)33-28(38)23-9-12-31-13-10-23)29(39)34-32-14-11-22-5-3-4-6-25(22)30/h3-10,12-13,21,32H,11,14-20H2,1-2H3,(H,33,38)(H,34,39). The van der Waals surface area contributed by atoms with Crippen molar-refractivity contribution in [2.45, 2.75) is 6.42 Å². The quantitative estimate of drug-likeness (QED) is 0.250. The number of amides is 2. The van der Waals surface area contributed by atoms with Crippen molar-refractivity contribution >= 4 is 34.8 Å². The van der Waals surface area contributed by atoms with E-state index >= 15 is 0 Å². The van der Waals surface area contributed by atoms with Crippen molar-refractivity contribution in [2.24, 2.45) is 0 Å². The predicted octanol–water partition coefficient (Wildman–Crippen LogP) is 3.15. The highest BCUT2D eigenvalue weighted by Crippen LogP contribution is 2.29. The summed E-state index contributed by atoms with van der Waals surface area (Å²) in [6.45, 7) is 6.10. The van der Waals surface area contributed by atoms with Crippen molar-refractivity contribution in [3.63, 3.8) is 0 Å². The Kier molecular flexibility index (Phi) is 10.3. The maximum absolute atomic E-state index is 13.0. The van der Waals surface area contributed by atoms with Crippen LogP contribution in [0, 0.1) is 0 Å². The molecule has 0 aliphatic carbocycles. The van der Waals surface area contributed by atoms with Crippen LogP contribution >= 0.6 is 11.6 Å². The molecule has 2 aromatic carbocycles. The fraction of sp³-hybridized carbons (Fsp3) is 0.345. The molecule has 1 fully saturated rings. The summed E-state index contributed by atoms with van der Waals surface area (Å²) in [4.78, 5) is 36.8. The van der Waals surface area contributed by atoms with Gasteiger partial charge in [0, 0.05) is 74.4 Å². The van der Waals surface area contributed by atoms with Gasteiger partial charge in [-0.3, -0.25) is 24.9 Å². The SMILES string of the molecule is CN(C)CCN1CCN(c2ccc(C(=O)NNCCc3ccccc3Cl)cc2NC(=O)c2ccncc2)CC1. The van der Waals surface area contributed by atoms with Crippen molar-refractivity contribution in [1.29, 1.82) is 0 Å². The Balaban J connectivity index is 1.43. The molecule has 1 aliphatic rings. The highest BCUT2D eigenvalue weighted by molar-refractivity contribution is 6.31. The van der Waals surface area contributed by atoms with Gasteiger partial charge in [0.1, 0.15) is 0 Å². The van der Waals surface area contributed by atoms with E-state index in [9.17, 15) is 9.59 Å². The fourth-order valence-electron chi connectivity index (χ4n) is 4.42. The minimum Gasteiger partial charge on any atom is -0.367 e. The zero-order valence-corrected chi connectivity index (χ0v) is 23.2. The molecule has 1 aliphatic heterocycles. The molecule has 3 aromatic rings. The number of pyridine rings is 1. The number of piperazine rings is 1. The van der Waals surface area contributed by atoms with Crippen molar-refractivity contribution in [3.05, 3.63) is 88.7 Å². The monoisotopic (exact) mass is 549 g/mol. The molecule has 0 saturated carbocycles. The Morgan fingerprint density at radius 2 is 1.69 bits per heavy atom. The second kappa shape index (κ2) is 14.0. The number of hydrogen-bond acceptors (Lipinski definition) is 7. The van der Waals surface area contributed by atoms with Crippen molar-refractivity contribution in [2.75, 3.05) is 70.1 Å². The van der Waals surface area contributed by atoms with Crippen LogP contribution in [-0.2, 0) is 6.42 Å². The lowest BCUT2D eigenvalue weighted by Gasteiger charge is -2.37. The van der Waals surface area contributed by atoms with E-state index in [0.29, 0.717) is 34.8 Å². The van der Waals surface area contributed by atoms with E-state index in [1.54, 1.807) is 36.7 Å². The molecule has 9 nitrogen and oxygen atoms in total. The van der Waals surface area contributed by atoms with Crippen LogP contribution < -0.4 is 21.1 Å². The van der Waals surface area contributed by atoms with Gasteiger partial charge in [-0.2, -0.15) is 0 Å². The summed E-state index contributed by atoms with van der Waals surface area (Å²) in [5.74, 6) is -0.535. The van der Waals surface area contributed by atoms with Crippen LogP contribution in [0.1, 0.15) is 26.3 Å². The Hall–Kier alpha value is -3.50. The molecule has 0 spiro atoms. The van der Waals surface area contributed by atoms with Gasteiger partial charge in [0.2, 0.25) is 0 Å². The molecule has 1 saturated heterocycles. The Labute approximate surface area is 235 Å². The first-order valence-electron chi connectivity index (χ1n) is 13.1. The van der Waals surface area contributed by atoms with Crippen LogP contribution in [0.25, 0.3) is 0 Å². The summed E-state index contributed by atoms with van der Waals surface area (Å²) >= 11 is 6.22. The number of carbonyl (C=O) groups excluding carboxylic acids is 2. The number of nitrogens with zero attached hydrogens (tertiary/aromatic N) is 4. The van der Waals surface area contributed by atoms with E-state index in [0.717, 1.165) is 50.5 Å². The molecular weight excluding hydrogens is 514 g/mol. The summed E-state index contributed by atoms with van der Waals surface area (Å²) in [5.41, 5.74) is 9.17. The normalized spacial score (nSPS) is 13.9. The lowest BCUT2D eigenvalue weighted by molar-refractivity contribution is 0.0932. The predicted molar refractivity (Wildman–Crippen MR) is 156 cm³/mol. The highest BCUT2D eigenvalue weighted by Gasteiger charge is 2.21. The minimum atomic E-state index is -0.284. The number of nitrogens with one attached hydrogen (secondary N) is 3. The number of aromatic nitrogens is 1. The zero-order chi connectivity index (χ0) is 27.6. The number of hydrazine groups is 1. The molecule has 10 heteroatoms. The molecule has 3 N–H and O–H groups in total. The third-order valence-electron chi connectivity index (χ3n) is 6.70. The van der Waals surface area contributed by atoms with E-state index in [1.165, 1.54) is 0 Å². The van der Waals surface area contributed by atoms with E-state index in [2.05, 4.69) is 49.9 Å². The van der Waals surface area contributed by atoms with Crippen LogP contribution in [0.2, 0.25) is 5.02 Å². The molecule has 0 atom stereocenters. The first-order chi connectivity index (χ1) is 18.9. The number of rotatable bonds is 11. The number of likely N-dealkylation sites (N-methyl/N-ethyl adjacent to an activating group) is 1. The minimum absolute atomic E-state index is 0.251. The summed E-state index contributed by atoms with van der Waals surface area (Å²) < 4.78 is 0. The van der Waals surface area contributed by atoms with Crippen LogP contribution in [0.15, 0.2) is 67.0 Å². The summed E-state index contributed by atoms with van der Waals surface area (Å²) in [6, 6.07) is 16.4. The molecule has 4 rings (SSSR count). The third kappa shape index (κ3) is 8.24. The summed E-state index contributed by atoms with van der Waals surface area (Å²) in [6.07, 6.45) is 3.84. The number of hydrogen-bond donors (Lipinski definition) is 3. The van der Waals surface area contributed by atoms with Gasteiger partial charge < -0.3 is 15.1 Å². The van der Waals surface area contributed by atoms with Crippen molar-refractivity contribution in [1.82, 2.24) is 25.6 Å². The van der Waals surface area contributed by atoms with Gasteiger partial charge in [-0.15, -0.1) is 0 Å². The number of anilines is 2. The molecule has 2 heterocycles. The molecule has 1 aromatic heterocycles. The first-order valence-corrected chi connectivity index (χ1v) is 13.5. The Morgan fingerprint density at radius 3 is 2.41 bits per heavy atom. The van der Waals surface area contributed by atoms with Gasteiger partial charge in [0.25, 0.3) is 11.8 Å². The van der Waals surface area contributed by atoms with Crippen LogP contribution in [-0.4, -0.2) is 86.5 Å². The molecule has 39 heavy (non-hydrogen) atoms. The van der Waals surface area contributed by atoms with Gasteiger partial charge >= 0.3 is 0 Å². The lowest BCUT2D eigenvalue weighted by atomic mass is 10.1. The Morgan fingerprint density at radius 1 is 0.949 bits per heavy atom. The zero-order valence-electron chi connectivity index (χ0n) is 22.5. The second-order valence-corrected chi connectivity index (χ2v) is 10.2. The van der Waals surface area contributed by atoms with Gasteiger partial charge in [0.15, 0.2) is 0 Å². The number of halogens is 1. The fourth-order valence-corrected chi connectivity index (χ4v) is 4.65. The molecule has 2 amide bonds. The van der Waals surface area contributed by atoms with E-state index in [-0.39, 0.29) is 11.8 Å². The van der Waals surface area contributed by atoms with Gasteiger partial charge in [-0.1, -0.05) is 29.8 Å². The summed E-state index contributed by atoms with van der Waals surface area (Å²) in [7, 11) is 4.17. The molecule has 0 bridgehead atoms. The lowest BCUT2D eigenvalue weighted by Crippen LogP contribution is -2.48. The van der Waals surface area contributed by atoms with Crippen LogP contribution in [0.3, 0.4) is 0 Å². The summed E-state index contributed by atoms with van der Waals surface area (Å²) in [5, 5.41) is 3.73. The van der Waals surface area contributed by atoms with Gasteiger partial charge in [-0.25, -0.2) is 5.43 Å². The van der Waals surface area contributed by atoms with Crippen LogP contribution in [0.5, 0.6) is 0 Å².